The lowest BCUT2D eigenvalue weighted by molar-refractivity contribution is 0.988. The third-order valence-corrected chi connectivity index (χ3v) is 16.0. The molecule has 0 aromatic heterocycles. The van der Waals surface area contributed by atoms with Gasteiger partial charge in [-0.2, -0.15) is 0 Å². The van der Waals surface area contributed by atoms with Crippen LogP contribution in [0.15, 0.2) is 169 Å². The van der Waals surface area contributed by atoms with E-state index in [-0.39, 0.29) is 11.8 Å². The summed E-state index contributed by atoms with van der Waals surface area (Å²) in [5, 5.41) is 13.9. The zero-order valence-corrected chi connectivity index (χ0v) is 30.7. The molecule has 0 heterocycles. The van der Waals surface area contributed by atoms with Crippen LogP contribution in [-0.4, -0.2) is 8.07 Å². The molecule has 0 spiro atoms. The lowest BCUT2D eigenvalue weighted by Crippen LogP contribution is -2.31. The molecule has 8 aromatic carbocycles. The standard InChI is InChI=1S/C50H40Si/c1-31-45(43-25-13-17-35-29-27-33-15-5-7-19-37(33)47(35)43)39-21-9-11-23-41(39)49(31)51(3,4)50-32(2)46(40-22-10-12-24-42(40)50)44-26-14-18-36-30-28-34-16-6-8-20-38(34)48(36)44/h5-30,45-46H,1-4H3. The third-order valence-electron chi connectivity index (χ3n) is 12.2. The summed E-state index contributed by atoms with van der Waals surface area (Å²) in [6.45, 7) is 10.1. The number of benzene rings is 8. The van der Waals surface area contributed by atoms with Crippen molar-refractivity contribution in [3.8, 4) is 0 Å². The van der Waals surface area contributed by atoms with E-state index >= 15 is 0 Å². The zero-order valence-electron chi connectivity index (χ0n) is 29.7. The van der Waals surface area contributed by atoms with E-state index < -0.39 is 8.07 Å². The molecule has 244 valence electrons. The summed E-state index contributed by atoms with van der Waals surface area (Å²) in [4.78, 5) is 0. The minimum absolute atomic E-state index is 0.218. The van der Waals surface area contributed by atoms with E-state index in [0.29, 0.717) is 0 Å². The van der Waals surface area contributed by atoms with Gasteiger partial charge in [0.1, 0.15) is 8.07 Å². The molecule has 51 heavy (non-hydrogen) atoms. The molecule has 2 aliphatic rings. The van der Waals surface area contributed by atoms with Crippen molar-refractivity contribution < 1.29 is 0 Å². The molecule has 0 saturated heterocycles. The van der Waals surface area contributed by atoms with Crippen LogP contribution in [0, 0.1) is 0 Å². The molecular formula is C50H40Si. The molecule has 0 radical (unpaired) electrons. The second-order valence-corrected chi connectivity index (χ2v) is 19.5. The van der Waals surface area contributed by atoms with E-state index in [1.807, 2.05) is 0 Å². The Balaban J connectivity index is 1.21. The first kappa shape index (κ1) is 30.3. The van der Waals surface area contributed by atoms with Gasteiger partial charge in [-0.15, -0.1) is 0 Å². The molecular weight excluding hydrogens is 629 g/mol. The number of hydrogen-bond donors (Lipinski definition) is 0. The Morgan fingerprint density at radius 3 is 1.18 bits per heavy atom. The Labute approximate surface area is 301 Å². The molecule has 2 atom stereocenters. The quantitative estimate of drug-likeness (QED) is 0.129. The van der Waals surface area contributed by atoms with Gasteiger partial charge in [-0.25, -0.2) is 0 Å². The Hall–Kier alpha value is -5.50. The predicted octanol–water partition coefficient (Wildman–Crippen LogP) is 13.6. The first-order valence-electron chi connectivity index (χ1n) is 18.4. The van der Waals surface area contributed by atoms with Crippen LogP contribution in [-0.2, 0) is 0 Å². The lowest BCUT2D eigenvalue weighted by Gasteiger charge is -2.30. The SMILES string of the molecule is CC1=C([Si](C)(C)C2=C(C)C(c3cccc4ccc5ccccc5c34)c3ccccc32)c2ccccc2C1c1cccc2ccc3ccccc3c12. The van der Waals surface area contributed by atoms with Gasteiger partial charge in [0, 0.05) is 11.8 Å². The number of rotatable bonds is 4. The Morgan fingerprint density at radius 2 is 0.706 bits per heavy atom. The molecule has 0 fully saturated rings. The summed E-state index contributed by atoms with van der Waals surface area (Å²) in [7, 11) is -2.30. The van der Waals surface area contributed by atoms with Gasteiger partial charge in [0.2, 0.25) is 0 Å². The van der Waals surface area contributed by atoms with Gasteiger partial charge in [-0.1, -0.05) is 182 Å². The Kier molecular flexibility index (Phi) is 6.69. The van der Waals surface area contributed by atoms with Crippen LogP contribution in [0.4, 0.5) is 0 Å². The highest BCUT2D eigenvalue weighted by Gasteiger charge is 2.45. The highest BCUT2D eigenvalue weighted by Crippen LogP contribution is 2.57. The van der Waals surface area contributed by atoms with E-state index in [4.69, 9.17) is 0 Å². The van der Waals surface area contributed by atoms with Crippen molar-refractivity contribution in [2.45, 2.75) is 38.8 Å². The van der Waals surface area contributed by atoms with E-state index in [1.165, 1.54) is 87.6 Å². The van der Waals surface area contributed by atoms with Gasteiger partial charge in [0.05, 0.1) is 0 Å². The molecule has 0 nitrogen and oxygen atoms in total. The minimum atomic E-state index is -2.30. The molecule has 0 aliphatic heterocycles. The maximum absolute atomic E-state index is 2.62. The third kappa shape index (κ3) is 4.31. The largest absolute Gasteiger partial charge is 0.113 e. The smallest absolute Gasteiger partial charge is 0.0619 e. The van der Waals surface area contributed by atoms with E-state index in [9.17, 15) is 0 Å². The average Bonchev–Trinajstić information content (AvgIpc) is 3.64. The van der Waals surface area contributed by atoms with E-state index in [1.54, 1.807) is 10.4 Å². The van der Waals surface area contributed by atoms with E-state index in [2.05, 4.69) is 185 Å². The first-order valence-corrected chi connectivity index (χ1v) is 21.4. The molecule has 8 aromatic rings. The van der Waals surface area contributed by atoms with Crippen LogP contribution in [0.1, 0.15) is 59.1 Å². The second kappa shape index (κ2) is 11.3. The fourth-order valence-corrected chi connectivity index (χ4v) is 14.7. The van der Waals surface area contributed by atoms with Crippen molar-refractivity contribution in [2.75, 3.05) is 0 Å². The highest BCUT2D eigenvalue weighted by atomic mass is 28.3. The molecule has 0 N–H and O–H groups in total. The minimum Gasteiger partial charge on any atom is -0.0619 e. The van der Waals surface area contributed by atoms with Gasteiger partial charge in [0.25, 0.3) is 0 Å². The fraction of sp³-hybridized carbons (Fsp3) is 0.120. The number of hydrogen-bond acceptors (Lipinski definition) is 0. The summed E-state index contributed by atoms with van der Waals surface area (Å²) in [6, 6.07) is 59.5. The van der Waals surface area contributed by atoms with Crippen molar-refractivity contribution in [2.24, 2.45) is 0 Å². The molecule has 0 bridgehead atoms. The monoisotopic (exact) mass is 668 g/mol. The van der Waals surface area contributed by atoms with Crippen molar-refractivity contribution in [3.63, 3.8) is 0 Å². The predicted molar refractivity (Wildman–Crippen MR) is 222 cm³/mol. The van der Waals surface area contributed by atoms with Crippen LogP contribution in [0.5, 0.6) is 0 Å². The van der Waals surface area contributed by atoms with Gasteiger partial charge in [-0.3, -0.25) is 0 Å². The topological polar surface area (TPSA) is 0 Å². The maximum atomic E-state index is 2.62. The van der Waals surface area contributed by atoms with Gasteiger partial charge < -0.3 is 0 Å². The van der Waals surface area contributed by atoms with Gasteiger partial charge in [0.15, 0.2) is 0 Å². The summed E-state index contributed by atoms with van der Waals surface area (Å²) >= 11 is 0. The molecule has 2 unspecified atom stereocenters. The maximum Gasteiger partial charge on any atom is 0.113 e. The van der Waals surface area contributed by atoms with Crippen LogP contribution < -0.4 is 0 Å². The number of allylic oxidation sites excluding steroid dienone is 2. The van der Waals surface area contributed by atoms with Crippen LogP contribution >= 0.6 is 0 Å². The highest BCUT2D eigenvalue weighted by molar-refractivity contribution is 7.09. The molecule has 0 amide bonds. The van der Waals surface area contributed by atoms with E-state index in [0.717, 1.165) is 0 Å². The molecule has 10 rings (SSSR count). The van der Waals surface area contributed by atoms with Crippen LogP contribution in [0.2, 0.25) is 13.1 Å². The summed E-state index contributed by atoms with van der Waals surface area (Å²) in [6.07, 6.45) is 0. The normalized spacial score (nSPS) is 17.3. The summed E-state index contributed by atoms with van der Waals surface area (Å²) < 4.78 is 0. The average molecular weight is 669 g/mol. The van der Waals surface area contributed by atoms with Gasteiger partial charge >= 0.3 is 0 Å². The lowest BCUT2D eigenvalue weighted by atomic mass is 9.84. The van der Waals surface area contributed by atoms with Gasteiger partial charge in [-0.05, 0) is 101 Å². The summed E-state index contributed by atoms with van der Waals surface area (Å²) in [5.41, 5.74) is 11.7. The first-order chi connectivity index (χ1) is 24.9. The van der Waals surface area contributed by atoms with Crippen molar-refractivity contribution in [3.05, 3.63) is 202 Å². The van der Waals surface area contributed by atoms with Crippen LogP contribution in [0.3, 0.4) is 0 Å². The second-order valence-electron chi connectivity index (χ2n) is 15.2. The Bertz CT molecular complexity index is 2620. The molecule has 2 aliphatic carbocycles. The fourth-order valence-electron chi connectivity index (χ4n) is 10.4. The molecule has 1 heteroatoms. The van der Waals surface area contributed by atoms with Crippen LogP contribution in [0.25, 0.3) is 53.5 Å². The summed E-state index contributed by atoms with van der Waals surface area (Å²) in [5.74, 6) is 0.436. The van der Waals surface area contributed by atoms with Crippen molar-refractivity contribution in [1.29, 1.82) is 0 Å². The zero-order chi connectivity index (χ0) is 34.4. The Morgan fingerprint density at radius 1 is 0.353 bits per heavy atom. The van der Waals surface area contributed by atoms with Crippen molar-refractivity contribution in [1.82, 2.24) is 0 Å². The molecule has 0 saturated carbocycles. The van der Waals surface area contributed by atoms with Crippen molar-refractivity contribution >= 4 is 61.6 Å². The number of fused-ring (bicyclic) bond motifs is 8.